The zero-order chi connectivity index (χ0) is 11.5. The number of benzene rings is 1. The first kappa shape index (κ1) is 10.5. The molecule has 1 heterocycles. The van der Waals surface area contributed by atoms with E-state index in [0.29, 0.717) is 11.3 Å². The maximum absolute atomic E-state index is 11.1. The molecule has 5 heteroatoms. The van der Waals surface area contributed by atoms with Crippen LogP contribution < -0.4 is 5.32 Å². The predicted molar refractivity (Wildman–Crippen MR) is 59.4 cm³/mol. The molecule has 84 valence electrons. The van der Waals surface area contributed by atoms with Crippen molar-refractivity contribution in [3.05, 3.63) is 23.9 Å². The highest BCUT2D eigenvalue weighted by atomic mass is 16.5. The van der Waals surface area contributed by atoms with Crippen LogP contribution in [0.4, 0.5) is 10.5 Å². The van der Waals surface area contributed by atoms with Crippen molar-refractivity contribution in [3.8, 4) is 0 Å². The van der Waals surface area contributed by atoms with Crippen LogP contribution in [0.1, 0.15) is 12.6 Å². The number of fused-ring (bicyclic) bond motifs is 1. The Morgan fingerprint density at radius 3 is 3.06 bits per heavy atom. The van der Waals surface area contributed by atoms with Gasteiger partial charge < -0.3 is 9.26 Å². The lowest BCUT2D eigenvalue weighted by Gasteiger charge is -2.02. The molecule has 0 saturated heterocycles. The first-order valence-corrected chi connectivity index (χ1v) is 4.98. The molecular formula is C11H12N2O3. The summed E-state index contributed by atoms with van der Waals surface area (Å²) in [4.78, 5) is 11.1. The Bertz CT molecular complexity index is 519. The van der Waals surface area contributed by atoms with Crippen molar-refractivity contribution in [1.29, 1.82) is 0 Å². The lowest BCUT2D eigenvalue weighted by molar-refractivity contribution is 0.187. The summed E-state index contributed by atoms with van der Waals surface area (Å²) in [5.74, 6) is 0. The molecule has 0 aliphatic rings. The van der Waals surface area contributed by atoms with E-state index in [9.17, 15) is 4.79 Å². The van der Waals surface area contributed by atoms with Gasteiger partial charge in [0.25, 0.3) is 0 Å². The third kappa shape index (κ3) is 1.71. The summed E-state index contributed by atoms with van der Waals surface area (Å²) in [6.07, 6.45) is 0.260. The van der Waals surface area contributed by atoms with E-state index in [-0.39, 0.29) is 0 Å². The Labute approximate surface area is 92.4 Å². The minimum Gasteiger partial charge on any atom is -0.453 e. The summed E-state index contributed by atoms with van der Waals surface area (Å²) in [5.41, 5.74) is 2.02. The van der Waals surface area contributed by atoms with Crippen LogP contribution in [0.2, 0.25) is 0 Å². The fourth-order valence-corrected chi connectivity index (χ4v) is 1.53. The minimum atomic E-state index is -0.526. The van der Waals surface area contributed by atoms with E-state index >= 15 is 0 Å². The van der Waals surface area contributed by atoms with Crippen molar-refractivity contribution in [2.45, 2.75) is 13.3 Å². The topological polar surface area (TPSA) is 64.4 Å². The lowest BCUT2D eigenvalue weighted by atomic mass is 10.1. The Morgan fingerprint density at radius 1 is 1.56 bits per heavy atom. The molecule has 0 aliphatic carbocycles. The molecule has 0 aliphatic heterocycles. The molecule has 2 rings (SSSR count). The monoisotopic (exact) mass is 220 g/mol. The van der Waals surface area contributed by atoms with E-state index in [1.54, 1.807) is 6.07 Å². The molecule has 1 N–H and O–H groups in total. The van der Waals surface area contributed by atoms with Gasteiger partial charge in [-0.2, -0.15) is 0 Å². The average molecular weight is 220 g/mol. The third-order valence-electron chi connectivity index (χ3n) is 2.33. The third-order valence-corrected chi connectivity index (χ3v) is 2.33. The molecule has 0 bridgehead atoms. The number of ether oxygens (including phenoxy) is 1. The molecule has 0 unspecified atom stereocenters. The number of nitrogens with zero attached hydrogens (tertiary/aromatic N) is 1. The molecule has 16 heavy (non-hydrogen) atoms. The van der Waals surface area contributed by atoms with Crippen LogP contribution in [0.5, 0.6) is 0 Å². The van der Waals surface area contributed by atoms with E-state index in [1.807, 2.05) is 19.1 Å². The number of anilines is 1. The van der Waals surface area contributed by atoms with Crippen LogP contribution in [0.15, 0.2) is 22.7 Å². The van der Waals surface area contributed by atoms with Gasteiger partial charge in [0, 0.05) is 5.39 Å². The number of hydrogen-bond acceptors (Lipinski definition) is 4. The van der Waals surface area contributed by atoms with Gasteiger partial charge in [-0.15, -0.1) is 0 Å². The van der Waals surface area contributed by atoms with E-state index in [1.165, 1.54) is 7.11 Å². The van der Waals surface area contributed by atoms with E-state index in [0.717, 1.165) is 17.5 Å². The Morgan fingerprint density at radius 2 is 2.38 bits per heavy atom. The number of rotatable bonds is 2. The first-order valence-electron chi connectivity index (χ1n) is 4.98. The van der Waals surface area contributed by atoms with Gasteiger partial charge in [0.1, 0.15) is 0 Å². The number of carbonyl (C=O) groups excluding carboxylic acids is 1. The maximum Gasteiger partial charge on any atom is 0.411 e. The second-order valence-electron chi connectivity index (χ2n) is 3.28. The number of nitrogens with one attached hydrogen (secondary N) is 1. The predicted octanol–water partition coefficient (Wildman–Crippen LogP) is 2.57. The van der Waals surface area contributed by atoms with E-state index in [2.05, 4.69) is 15.2 Å². The molecule has 0 atom stereocenters. The maximum atomic E-state index is 11.1. The zero-order valence-electron chi connectivity index (χ0n) is 9.11. The van der Waals surface area contributed by atoms with Gasteiger partial charge >= 0.3 is 6.09 Å². The van der Waals surface area contributed by atoms with Crippen LogP contribution in [-0.2, 0) is 11.2 Å². The summed E-state index contributed by atoms with van der Waals surface area (Å²) >= 11 is 0. The van der Waals surface area contributed by atoms with Crippen molar-refractivity contribution < 1.29 is 14.1 Å². The molecule has 0 saturated carbocycles. The minimum absolute atomic E-state index is 0.526. The number of aryl methyl sites for hydroxylation is 1. The molecule has 1 amide bonds. The van der Waals surface area contributed by atoms with Crippen LogP contribution in [-0.4, -0.2) is 18.4 Å². The Kier molecular flexibility index (Phi) is 2.76. The largest absolute Gasteiger partial charge is 0.453 e. The van der Waals surface area contributed by atoms with Crippen LogP contribution >= 0.6 is 0 Å². The lowest BCUT2D eigenvalue weighted by Crippen LogP contribution is -2.10. The zero-order valence-corrected chi connectivity index (χ0v) is 9.11. The number of methoxy groups -OCH3 is 1. The molecule has 5 nitrogen and oxygen atoms in total. The quantitative estimate of drug-likeness (QED) is 0.844. The van der Waals surface area contributed by atoms with Crippen LogP contribution in [0.3, 0.4) is 0 Å². The summed E-state index contributed by atoms with van der Waals surface area (Å²) in [7, 11) is 1.31. The molecule has 2 aromatic rings. The molecule has 0 fully saturated rings. The number of carbonyl (C=O) groups is 1. The van der Waals surface area contributed by atoms with Crippen molar-refractivity contribution in [2.75, 3.05) is 12.4 Å². The van der Waals surface area contributed by atoms with Crippen molar-refractivity contribution in [1.82, 2.24) is 5.16 Å². The van der Waals surface area contributed by atoms with Crippen molar-refractivity contribution in [3.63, 3.8) is 0 Å². The highest BCUT2D eigenvalue weighted by molar-refractivity contribution is 5.97. The number of amides is 1. The summed E-state index contributed by atoms with van der Waals surface area (Å²) < 4.78 is 9.72. The SMILES string of the molecule is CCc1noc2c(NC(=O)OC)cccc12. The van der Waals surface area contributed by atoms with Gasteiger partial charge in [-0.1, -0.05) is 18.1 Å². The summed E-state index contributed by atoms with van der Waals surface area (Å²) in [5, 5.41) is 7.43. The molecular weight excluding hydrogens is 208 g/mol. The second kappa shape index (κ2) is 4.22. The van der Waals surface area contributed by atoms with Gasteiger partial charge in [0.05, 0.1) is 18.5 Å². The number of para-hydroxylation sites is 1. The molecule has 0 spiro atoms. The summed E-state index contributed by atoms with van der Waals surface area (Å²) in [6, 6.07) is 5.49. The van der Waals surface area contributed by atoms with E-state index < -0.39 is 6.09 Å². The highest BCUT2D eigenvalue weighted by Gasteiger charge is 2.12. The Balaban J connectivity index is 2.46. The van der Waals surface area contributed by atoms with Crippen molar-refractivity contribution >= 4 is 22.7 Å². The Hall–Kier alpha value is -2.04. The molecule has 1 aromatic heterocycles. The van der Waals surface area contributed by atoms with Gasteiger partial charge in [-0.3, -0.25) is 5.32 Å². The van der Waals surface area contributed by atoms with Gasteiger partial charge in [0.15, 0.2) is 5.58 Å². The van der Waals surface area contributed by atoms with Gasteiger partial charge in [-0.25, -0.2) is 4.79 Å². The van der Waals surface area contributed by atoms with Gasteiger partial charge in [-0.05, 0) is 18.6 Å². The standard InChI is InChI=1S/C11H12N2O3/c1-3-8-7-5-4-6-9(10(7)16-13-8)12-11(14)15-2/h4-6H,3H2,1-2H3,(H,12,14). The number of hydrogen-bond donors (Lipinski definition) is 1. The van der Waals surface area contributed by atoms with Crippen molar-refractivity contribution in [2.24, 2.45) is 0 Å². The van der Waals surface area contributed by atoms with E-state index in [4.69, 9.17) is 4.52 Å². The fraction of sp³-hybridized carbons (Fsp3) is 0.273. The molecule has 0 radical (unpaired) electrons. The molecule has 1 aromatic carbocycles. The first-order chi connectivity index (χ1) is 7.76. The normalized spacial score (nSPS) is 10.4. The fourth-order valence-electron chi connectivity index (χ4n) is 1.53. The smallest absolute Gasteiger partial charge is 0.411 e. The highest BCUT2D eigenvalue weighted by Crippen LogP contribution is 2.26. The van der Waals surface area contributed by atoms with Crippen LogP contribution in [0.25, 0.3) is 11.0 Å². The summed E-state index contributed by atoms with van der Waals surface area (Å²) in [6.45, 7) is 2.00. The second-order valence-corrected chi connectivity index (χ2v) is 3.28. The average Bonchev–Trinajstić information content (AvgIpc) is 2.73. The number of aromatic nitrogens is 1. The van der Waals surface area contributed by atoms with Crippen LogP contribution in [0, 0.1) is 0 Å². The van der Waals surface area contributed by atoms with Gasteiger partial charge in [0.2, 0.25) is 0 Å².